The van der Waals surface area contributed by atoms with Crippen molar-refractivity contribution in [3.8, 4) is 0 Å². The van der Waals surface area contributed by atoms with Gasteiger partial charge in [0.1, 0.15) is 5.56 Å². The summed E-state index contributed by atoms with van der Waals surface area (Å²) in [5.41, 5.74) is 6.27. The maximum Gasteiger partial charge on any atom is 0.282 e. The Kier molecular flexibility index (Phi) is 7.03. The van der Waals surface area contributed by atoms with E-state index in [1.165, 1.54) is 12.1 Å². The fourth-order valence-electron chi connectivity index (χ4n) is 1.50. The maximum atomic E-state index is 11.8. The predicted molar refractivity (Wildman–Crippen MR) is 75.7 cm³/mol. The van der Waals surface area contributed by atoms with E-state index < -0.39 is 10.8 Å². The van der Waals surface area contributed by atoms with Crippen molar-refractivity contribution in [3.63, 3.8) is 0 Å². The van der Waals surface area contributed by atoms with Crippen LogP contribution in [0.2, 0.25) is 0 Å². The zero-order valence-corrected chi connectivity index (χ0v) is 11.7. The zero-order chi connectivity index (χ0) is 13.7. The van der Waals surface area contributed by atoms with Gasteiger partial charge in [0.25, 0.3) is 11.6 Å². The molecule has 0 aromatic heterocycles. The molecule has 0 aliphatic rings. The van der Waals surface area contributed by atoms with Crippen molar-refractivity contribution in [2.75, 3.05) is 6.54 Å². The first kappa shape index (κ1) is 17.3. The van der Waals surface area contributed by atoms with Crippen LogP contribution in [0.1, 0.15) is 29.3 Å². The molecular weight excluding hydrogens is 270 g/mol. The first-order chi connectivity index (χ1) is 8.41. The number of hydrogen-bond acceptors (Lipinski definition) is 4. The molecule has 7 heteroatoms. The van der Waals surface area contributed by atoms with Crippen molar-refractivity contribution in [2.24, 2.45) is 5.73 Å². The van der Waals surface area contributed by atoms with Crippen LogP contribution in [0, 0.1) is 17.0 Å². The molecule has 3 N–H and O–H groups in total. The lowest BCUT2D eigenvalue weighted by molar-refractivity contribution is -0.385. The Balaban J connectivity index is 0.00000324. The van der Waals surface area contributed by atoms with E-state index >= 15 is 0 Å². The molecule has 1 amide bonds. The van der Waals surface area contributed by atoms with E-state index in [2.05, 4.69) is 5.32 Å². The number of nitro groups is 1. The number of hydrogen-bond donors (Lipinski definition) is 2. The highest BCUT2D eigenvalue weighted by atomic mass is 35.5. The second-order valence-electron chi connectivity index (χ2n) is 4.30. The Hall–Kier alpha value is -1.66. The number of nitrogens with one attached hydrogen (secondary N) is 1. The number of nitro benzene ring substituents is 1. The molecule has 1 aromatic rings. The van der Waals surface area contributed by atoms with Crippen LogP contribution in [0.5, 0.6) is 0 Å². The molecule has 0 saturated carbocycles. The van der Waals surface area contributed by atoms with Gasteiger partial charge < -0.3 is 11.1 Å². The van der Waals surface area contributed by atoms with Crippen LogP contribution in [0.25, 0.3) is 0 Å². The molecule has 1 unspecified atom stereocenters. The quantitative estimate of drug-likeness (QED) is 0.637. The van der Waals surface area contributed by atoms with Crippen molar-refractivity contribution in [1.82, 2.24) is 5.32 Å². The van der Waals surface area contributed by atoms with Crippen molar-refractivity contribution in [1.29, 1.82) is 0 Å². The molecule has 1 atom stereocenters. The summed E-state index contributed by atoms with van der Waals surface area (Å²) in [5.74, 6) is -0.439. The van der Waals surface area contributed by atoms with E-state index in [0.29, 0.717) is 13.0 Å². The van der Waals surface area contributed by atoms with Crippen LogP contribution in [-0.2, 0) is 0 Å². The summed E-state index contributed by atoms with van der Waals surface area (Å²) < 4.78 is 0. The Morgan fingerprint density at radius 3 is 2.68 bits per heavy atom. The normalized spacial score (nSPS) is 11.3. The van der Waals surface area contributed by atoms with E-state index in [9.17, 15) is 14.9 Å². The highest BCUT2D eigenvalue weighted by Crippen LogP contribution is 2.19. The summed E-state index contributed by atoms with van der Waals surface area (Å²) in [6.45, 7) is 4.02. The third-order valence-corrected chi connectivity index (χ3v) is 2.48. The molecule has 0 fully saturated rings. The molecule has 0 saturated heterocycles. The number of amides is 1. The Bertz CT molecular complexity index is 464. The summed E-state index contributed by atoms with van der Waals surface area (Å²) in [6, 6.07) is 4.45. The summed E-state index contributed by atoms with van der Waals surface area (Å²) in [5, 5.41) is 13.5. The van der Waals surface area contributed by atoms with E-state index in [1.54, 1.807) is 13.0 Å². The summed E-state index contributed by atoms with van der Waals surface area (Å²) in [4.78, 5) is 22.1. The highest BCUT2D eigenvalue weighted by Gasteiger charge is 2.19. The Morgan fingerprint density at radius 2 is 2.16 bits per heavy atom. The molecule has 0 bridgehead atoms. The average Bonchev–Trinajstić information content (AvgIpc) is 2.27. The molecule has 0 aliphatic heterocycles. The fourth-order valence-corrected chi connectivity index (χ4v) is 1.50. The molecule has 0 spiro atoms. The van der Waals surface area contributed by atoms with E-state index in [1.807, 2.05) is 6.92 Å². The number of nitrogens with zero attached hydrogens (tertiary/aromatic N) is 1. The van der Waals surface area contributed by atoms with E-state index in [0.717, 1.165) is 5.56 Å². The third-order valence-electron chi connectivity index (χ3n) is 2.48. The molecule has 0 aliphatic carbocycles. The van der Waals surface area contributed by atoms with Crippen molar-refractivity contribution >= 4 is 24.0 Å². The first-order valence-corrected chi connectivity index (χ1v) is 5.70. The largest absolute Gasteiger partial charge is 0.352 e. The van der Waals surface area contributed by atoms with Gasteiger partial charge in [0.05, 0.1) is 4.92 Å². The van der Waals surface area contributed by atoms with Crippen molar-refractivity contribution in [2.45, 2.75) is 26.3 Å². The third kappa shape index (κ3) is 5.23. The molecule has 19 heavy (non-hydrogen) atoms. The van der Waals surface area contributed by atoms with Crippen LogP contribution in [0.3, 0.4) is 0 Å². The van der Waals surface area contributed by atoms with Crippen molar-refractivity contribution < 1.29 is 9.72 Å². The summed E-state index contributed by atoms with van der Waals surface area (Å²) in [6.07, 6.45) is 0.630. The average molecular weight is 288 g/mol. The van der Waals surface area contributed by atoms with E-state index in [-0.39, 0.29) is 29.7 Å². The highest BCUT2D eigenvalue weighted by molar-refractivity contribution is 5.98. The van der Waals surface area contributed by atoms with Crippen LogP contribution >= 0.6 is 12.4 Å². The monoisotopic (exact) mass is 287 g/mol. The Labute approximate surface area is 117 Å². The summed E-state index contributed by atoms with van der Waals surface area (Å²) >= 11 is 0. The molecule has 6 nitrogen and oxygen atoms in total. The summed E-state index contributed by atoms with van der Waals surface area (Å²) in [7, 11) is 0. The predicted octanol–water partition coefficient (Wildman–Crippen LogP) is 1.79. The van der Waals surface area contributed by atoms with Gasteiger partial charge in [-0.2, -0.15) is 0 Å². The first-order valence-electron chi connectivity index (χ1n) is 5.70. The topological polar surface area (TPSA) is 98.3 Å². The second-order valence-corrected chi connectivity index (χ2v) is 4.30. The molecule has 106 valence electrons. The number of halogens is 1. The van der Waals surface area contributed by atoms with Gasteiger partial charge in [-0.3, -0.25) is 14.9 Å². The van der Waals surface area contributed by atoms with E-state index in [4.69, 9.17) is 5.73 Å². The minimum Gasteiger partial charge on any atom is -0.352 e. The van der Waals surface area contributed by atoms with Crippen molar-refractivity contribution in [3.05, 3.63) is 39.4 Å². The van der Waals surface area contributed by atoms with Gasteiger partial charge in [0.2, 0.25) is 0 Å². The maximum absolute atomic E-state index is 11.8. The molecule has 0 radical (unpaired) electrons. The number of aryl methyl sites for hydroxylation is 1. The number of benzene rings is 1. The van der Waals surface area contributed by atoms with Gasteiger partial charge >= 0.3 is 0 Å². The lowest BCUT2D eigenvalue weighted by atomic mass is 10.1. The lowest BCUT2D eigenvalue weighted by Crippen LogP contribution is -2.29. The second kappa shape index (κ2) is 7.70. The van der Waals surface area contributed by atoms with Gasteiger partial charge in [-0.05, 0) is 31.9 Å². The lowest BCUT2D eigenvalue weighted by Gasteiger charge is -2.08. The minimum absolute atomic E-state index is 0. The standard InChI is InChI=1S/C12H17N3O3.ClH/c1-8-3-4-11(15(17)18)10(7-8)12(16)14-6-5-9(2)13;/h3-4,7,9H,5-6,13H2,1-2H3,(H,14,16);1H. The molecule has 1 aromatic carbocycles. The number of rotatable bonds is 5. The van der Waals surface area contributed by atoms with Gasteiger partial charge in [-0.25, -0.2) is 0 Å². The van der Waals surface area contributed by atoms with Crippen LogP contribution in [0.15, 0.2) is 18.2 Å². The molecular formula is C12H18ClN3O3. The molecule has 0 heterocycles. The fraction of sp³-hybridized carbons (Fsp3) is 0.417. The van der Waals surface area contributed by atoms with Crippen LogP contribution in [0.4, 0.5) is 5.69 Å². The van der Waals surface area contributed by atoms with Gasteiger partial charge in [0, 0.05) is 18.7 Å². The van der Waals surface area contributed by atoms with Crippen LogP contribution < -0.4 is 11.1 Å². The van der Waals surface area contributed by atoms with Gasteiger partial charge in [-0.15, -0.1) is 12.4 Å². The van der Waals surface area contributed by atoms with Gasteiger partial charge in [0.15, 0.2) is 0 Å². The number of carbonyl (C=O) groups excluding carboxylic acids is 1. The number of nitrogens with two attached hydrogens (primary N) is 1. The Morgan fingerprint density at radius 1 is 1.53 bits per heavy atom. The number of carbonyl (C=O) groups is 1. The minimum atomic E-state index is -0.556. The van der Waals surface area contributed by atoms with Crippen LogP contribution in [-0.4, -0.2) is 23.4 Å². The SMILES string of the molecule is Cc1ccc([N+](=O)[O-])c(C(=O)NCCC(C)N)c1.Cl. The van der Waals surface area contributed by atoms with Gasteiger partial charge in [-0.1, -0.05) is 6.07 Å². The smallest absolute Gasteiger partial charge is 0.282 e. The molecule has 1 rings (SSSR count). The zero-order valence-electron chi connectivity index (χ0n) is 10.9.